The summed E-state index contributed by atoms with van der Waals surface area (Å²) in [5.74, 6) is -10.4. The summed E-state index contributed by atoms with van der Waals surface area (Å²) in [6.45, 7) is 2.49. The van der Waals surface area contributed by atoms with Gasteiger partial charge in [0.1, 0.15) is 5.82 Å². The van der Waals surface area contributed by atoms with Crippen molar-refractivity contribution in [2.75, 3.05) is 0 Å². The molecule has 2 aromatic rings. The first-order chi connectivity index (χ1) is 10.6. The van der Waals surface area contributed by atoms with Crippen LogP contribution in [0.2, 0.25) is 13.1 Å². The molecule has 0 atom stereocenters. The highest BCUT2D eigenvalue weighted by molar-refractivity contribution is 6.84. The molecule has 0 bridgehead atoms. The second kappa shape index (κ2) is 6.36. The lowest BCUT2D eigenvalue weighted by atomic mass is 10.2. The molecule has 0 saturated carbocycles. The molecule has 0 spiro atoms. The molecule has 0 aliphatic carbocycles. The van der Waals surface area contributed by atoms with E-state index in [0.717, 1.165) is 0 Å². The highest BCUT2D eigenvalue weighted by atomic mass is 28.4. The van der Waals surface area contributed by atoms with Gasteiger partial charge in [-0.3, -0.25) is 0 Å². The minimum Gasteiger partial charge on any atom is -0.408 e. The van der Waals surface area contributed by atoms with Crippen LogP contribution in [0.5, 0.6) is 0 Å². The van der Waals surface area contributed by atoms with Gasteiger partial charge in [-0.15, -0.1) is 0 Å². The molecule has 0 N–H and O–H groups in total. The molecule has 2 rings (SSSR count). The minimum absolute atomic E-state index is 0.140. The lowest BCUT2D eigenvalue weighted by Gasteiger charge is -2.25. The monoisotopic (exact) mass is 350 g/mol. The normalized spacial score (nSPS) is 11.8. The van der Waals surface area contributed by atoms with Crippen LogP contribution in [0.3, 0.4) is 0 Å². The first kappa shape index (κ1) is 17.5. The fourth-order valence-electron chi connectivity index (χ4n) is 2.05. The van der Waals surface area contributed by atoms with Crippen molar-refractivity contribution in [2.24, 2.45) is 0 Å². The first-order valence-corrected chi connectivity index (χ1v) is 9.46. The van der Waals surface area contributed by atoms with Gasteiger partial charge >= 0.3 is 0 Å². The summed E-state index contributed by atoms with van der Waals surface area (Å²) in [7, 11) is -3.44. The van der Waals surface area contributed by atoms with Gasteiger partial charge in [0.15, 0.2) is 23.3 Å². The van der Waals surface area contributed by atoms with Gasteiger partial charge in [-0.25, -0.2) is 26.3 Å². The Balaban J connectivity index is 2.34. The fraction of sp³-hybridized carbons (Fsp3) is 0.200. The van der Waals surface area contributed by atoms with Crippen molar-refractivity contribution in [3.05, 3.63) is 64.7 Å². The van der Waals surface area contributed by atoms with E-state index in [-0.39, 0.29) is 6.61 Å². The number of hydrogen-bond donors (Lipinski definition) is 0. The van der Waals surface area contributed by atoms with Crippen molar-refractivity contribution in [3.63, 3.8) is 0 Å². The first-order valence-electron chi connectivity index (χ1n) is 6.55. The standard InChI is InChI=1S/C15H12F6OSi/c1-23(2,22-7-8-3-5-9(16)6-4-8)15-13(20)11(18)10(17)12(19)14(15)21/h3-6H,7H2,1-2H3. The summed E-state index contributed by atoms with van der Waals surface area (Å²) in [6.07, 6.45) is 0. The Bertz CT molecular complexity index is 701. The SMILES string of the molecule is C[Si](C)(OCc1ccc(F)cc1)c1c(F)c(F)c(F)c(F)c1F. The molecule has 0 aromatic heterocycles. The Hall–Kier alpha value is -1.80. The predicted molar refractivity (Wildman–Crippen MR) is 74.5 cm³/mol. The summed E-state index contributed by atoms with van der Waals surface area (Å²) in [6, 6.07) is 5.15. The van der Waals surface area contributed by atoms with E-state index >= 15 is 0 Å². The summed E-state index contributed by atoms with van der Waals surface area (Å²) in [5.41, 5.74) is 0.510. The van der Waals surface area contributed by atoms with Crippen LogP contribution in [-0.2, 0) is 11.0 Å². The third-order valence-corrected chi connectivity index (χ3v) is 5.83. The maximum Gasteiger partial charge on any atom is 0.225 e. The molecule has 0 unspecified atom stereocenters. The molecule has 8 heteroatoms. The molecule has 1 nitrogen and oxygen atoms in total. The van der Waals surface area contributed by atoms with Crippen molar-refractivity contribution in [1.29, 1.82) is 0 Å². The van der Waals surface area contributed by atoms with E-state index in [1.165, 1.54) is 37.4 Å². The Morgan fingerprint density at radius 2 is 1.17 bits per heavy atom. The zero-order chi connectivity index (χ0) is 17.4. The van der Waals surface area contributed by atoms with Gasteiger partial charge in [0, 0.05) is 5.19 Å². The molecule has 2 aromatic carbocycles. The van der Waals surface area contributed by atoms with Crippen molar-refractivity contribution in [2.45, 2.75) is 19.7 Å². The zero-order valence-corrected chi connectivity index (χ0v) is 13.2. The second-order valence-electron chi connectivity index (χ2n) is 5.37. The van der Waals surface area contributed by atoms with Gasteiger partial charge in [0.25, 0.3) is 0 Å². The van der Waals surface area contributed by atoms with E-state index in [9.17, 15) is 26.3 Å². The molecule has 0 radical (unpaired) electrons. The lowest BCUT2D eigenvalue weighted by molar-refractivity contribution is 0.299. The van der Waals surface area contributed by atoms with Crippen LogP contribution in [0.4, 0.5) is 26.3 Å². The summed E-state index contributed by atoms with van der Waals surface area (Å²) in [5, 5.41) is -0.920. The average molecular weight is 350 g/mol. The van der Waals surface area contributed by atoms with Gasteiger partial charge in [0.2, 0.25) is 14.1 Å². The predicted octanol–water partition coefficient (Wildman–Crippen LogP) is 4.15. The van der Waals surface area contributed by atoms with E-state index in [1.54, 1.807) is 0 Å². The average Bonchev–Trinajstić information content (AvgIpc) is 2.50. The third kappa shape index (κ3) is 3.42. The fourth-order valence-corrected chi connectivity index (χ4v) is 4.00. The number of benzene rings is 2. The Morgan fingerprint density at radius 1 is 0.739 bits per heavy atom. The van der Waals surface area contributed by atoms with E-state index in [0.29, 0.717) is 5.56 Å². The number of rotatable bonds is 4. The Morgan fingerprint density at radius 3 is 1.65 bits per heavy atom. The molecular formula is C15H12F6OSi. The van der Waals surface area contributed by atoms with Gasteiger partial charge < -0.3 is 4.43 Å². The lowest BCUT2D eigenvalue weighted by Crippen LogP contribution is -2.49. The van der Waals surface area contributed by atoms with Crippen LogP contribution < -0.4 is 5.19 Å². The topological polar surface area (TPSA) is 9.23 Å². The van der Waals surface area contributed by atoms with Gasteiger partial charge in [-0.05, 0) is 30.8 Å². The number of halogens is 6. The summed E-state index contributed by atoms with van der Waals surface area (Å²) < 4.78 is 85.7. The maximum absolute atomic E-state index is 13.9. The maximum atomic E-state index is 13.9. The van der Waals surface area contributed by atoms with E-state index in [2.05, 4.69) is 0 Å². The molecule has 0 aliphatic heterocycles. The van der Waals surface area contributed by atoms with Crippen molar-refractivity contribution >= 4 is 13.5 Å². The molecule has 124 valence electrons. The molecule has 0 heterocycles. The van der Waals surface area contributed by atoms with Crippen LogP contribution in [-0.4, -0.2) is 8.32 Å². The van der Waals surface area contributed by atoms with Crippen molar-refractivity contribution in [3.8, 4) is 0 Å². The van der Waals surface area contributed by atoms with Gasteiger partial charge in [-0.2, -0.15) is 0 Å². The Labute approximate surface area is 129 Å². The Kier molecular flexibility index (Phi) is 4.86. The molecule has 23 heavy (non-hydrogen) atoms. The molecule has 0 fully saturated rings. The summed E-state index contributed by atoms with van der Waals surface area (Å²) >= 11 is 0. The van der Waals surface area contributed by atoms with E-state index in [1.807, 2.05) is 0 Å². The molecular weight excluding hydrogens is 338 g/mol. The molecule has 0 amide bonds. The summed E-state index contributed by atoms with van der Waals surface area (Å²) in [4.78, 5) is 0. The van der Waals surface area contributed by atoms with Gasteiger partial charge in [0.05, 0.1) is 6.61 Å². The highest BCUT2D eigenvalue weighted by Crippen LogP contribution is 2.21. The quantitative estimate of drug-likeness (QED) is 0.348. The smallest absolute Gasteiger partial charge is 0.225 e. The van der Waals surface area contributed by atoms with E-state index < -0.39 is 48.4 Å². The van der Waals surface area contributed by atoms with Crippen molar-refractivity contribution in [1.82, 2.24) is 0 Å². The van der Waals surface area contributed by atoms with Crippen LogP contribution in [0.15, 0.2) is 24.3 Å². The molecule has 0 saturated heterocycles. The largest absolute Gasteiger partial charge is 0.408 e. The zero-order valence-electron chi connectivity index (χ0n) is 12.2. The van der Waals surface area contributed by atoms with E-state index in [4.69, 9.17) is 4.43 Å². The molecule has 0 aliphatic rings. The van der Waals surface area contributed by atoms with Crippen LogP contribution >= 0.6 is 0 Å². The van der Waals surface area contributed by atoms with Crippen molar-refractivity contribution < 1.29 is 30.8 Å². The highest BCUT2D eigenvalue weighted by Gasteiger charge is 2.38. The van der Waals surface area contributed by atoms with Gasteiger partial charge in [-0.1, -0.05) is 12.1 Å². The third-order valence-electron chi connectivity index (χ3n) is 3.32. The second-order valence-corrected chi connectivity index (χ2v) is 9.18. The van der Waals surface area contributed by atoms with Crippen LogP contribution in [0.1, 0.15) is 5.56 Å². The van der Waals surface area contributed by atoms with Crippen LogP contribution in [0, 0.1) is 34.9 Å². The van der Waals surface area contributed by atoms with Crippen LogP contribution in [0.25, 0.3) is 0 Å². The minimum atomic E-state index is -3.44. The number of hydrogen-bond acceptors (Lipinski definition) is 1.